The van der Waals surface area contributed by atoms with Crippen molar-refractivity contribution in [2.75, 3.05) is 0 Å². The molecule has 0 bridgehead atoms. The Morgan fingerprint density at radius 1 is 0.522 bits per heavy atom. The number of phenols is 1. The second kappa shape index (κ2) is 5.54. The van der Waals surface area contributed by atoms with Crippen molar-refractivity contribution in [3.05, 3.63) is 78.9 Å². The number of hydrogen-bond acceptors (Lipinski definition) is 3. The van der Waals surface area contributed by atoms with Gasteiger partial charge >= 0.3 is 0 Å². The van der Waals surface area contributed by atoms with E-state index in [0.29, 0.717) is 0 Å². The second-order valence-electron chi connectivity index (χ2n) is 5.32. The van der Waals surface area contributed by atoms with Crippen molar-refractivity contribution in [2.45, 2.75) is 0 Å². The van der Waals surface area contributed by atoms with E-state index in [0.717, 1.165) is 33.5 Å². The summed E-state index contributed by atoms with van der Waals surface area (Å²) in [6.45, 7) is 0. The summed E-state index contributed by atoms with van der Waals surface area (Å²) in [5.41, 5.74) is 5.34. The molecule has 0 atom stereocenters. The van der Waals surface area contributed by atoms with Crippen LogP contribution in [0.1, 0.15) is 0 Å². The molecule has 3 aromatic carbocycles. The first-order valence-corrected chi connectivity index (χ1v) is 7.43. The third-order valence-electron chi connectivity index (χ3n) is 3.76. The Morgan fingerprint density at radius 2 is 1.00 bits per heavy atom. The molecule has 1 aromatic heterocycles. The second-order valence-corrected chi connectivity index (χ2v) is 5.32. The van der Waals surface area contributed by atoms with Gasteiger partial charge in [0.1, 0.15) is 5.75 Å². The van der Waals surface area contributed by atoms with Gasteiger partial charge in [-0.1, -0.05) is 42.5 Å². The number of aromatic nitrogens is 2. The molecule has 23 heavy (non-hydrogen) atoms. The van der Waals surface area contributed by atoms with Gasteiger partial charge in [-0.25, -0.2) is 9.97 Å². The van der Waals surface area contributed by atoms with Gasteiger partial charge in [0.2, 0.25) is 0 Å². The normalized spacial score (nSPS) is 10.8. The lowest BCUT2D eigenvalue weighted by molar-refractivity contribution is 0.475. The Hall–Kier alpha value is -3.20. The molecule has 0 unspecified atom stereocenters. The van der Waals surface area contributed by atoms with Crippen molar-refractivity contribution < 1.29 is 5.11 Å². The molecule has 3 heteroatoms. The molecule has 1 heterocycles. The zero-order valence-corrected chi connectivity index (χ0v) is 12.3. The summed E-state index contributed by atoms with van der Waals surface area (Å²) < 4.78 is 0. The lowest BCUT2D eigenvalue weighted by Crippen LogP contribution is -1.95. The molecule has 1 N–H and O–H groups in total. The van der Waals surface area contributed by atoms with Crippen molar-refractivity contribution in [1.29, 1.82) is 0 Å². The molecule has 0 aliphatic heterocycles. The molecule has 0 radical (unpaired) electrons. The van der Waals surface area contributed by atoms with E-state index >= 15 is 0 Å². The summed E-state index contributed by atoms with van der Waals surface area (Å²) in [6.07, 6.45) is 0. The van der Waals surface area contributed by atoms with Gasteiger partial charge in [-0.15, -0.1) is 0 Å². The van der Waals surface area contributed by atoms with Crippen LogP contribution >= 0.6 is 0 Å². The van der Waals surface area contributed by atoms with Crippen molar-refractivity contribution in [2.24, 2.45) is 0 Å². The maximum atomic E-state index is 9.53. The molecule has 0 aliphatic carbocycles. The highest BCUT2D eigenvalue weighted by Gasteiger charge is 2.12. The van der Waals surface area contributed by atoms with Gasteiger partial charge in [0, 0.05) is 11.1 Å². The van der Waals surface area contributed by atoms with Gasteiger partial charge in [-0.05, 0) is 36.4 Å². The van der Waals surface area contributed by atoms with E-state index in [1.807, 2.05) is 66.7 Å². The summed E-state index contributed by atoms with van der Waals surface area (Å²) in [7, 11) is 0. The molecule has 0 fully saturated rings. The minimum absolute atomic E-state index is 0.240. The van der Waals surface area contributed by atoms with Crippen LogP contribution in [0.3, 0.4) is 0 Å². The molecule has 0 saturated heterocycles. The standard InChI is InChI=1S/C20H14N2O/c23-16-12-10-15(11-13-16)20-19(14-6-2-1-3-7-14)21-17-8-4-5-9-18(17)22-20/h1-13,23H. The first-order valence-electron chi connectivity index (χ1n) is 7.43. The Bertz CT molecular complexity index is 964. The van der Waals surface area contributed by atoms with E-state index in [2.05, 4.69) is 0 Å². The van der Waals surface area contributed by atoms with E-state index in [9.17, 15) is 5.11 Å². The maximum absolute atomic E-state index is 9.53. The van der Waals surface area contributed by atoms with Crippen LogP contribution in [0.15, 0.2) is 78.9 Å². The third-order valence-corrected chi connectivity index (χ3v) is 3.76. The molecule has 0 saturated carbocycles. The lowest BCUT2D eigenvalue weighted by atomic mass is 10.0. The Kier molecular flexibility index (Phi) is 3.24. The van der Waals surface area contributed by atoms with Gasteiger partial charge in [0.05, 0.1) is 22.4 Å². The predicted octanol–water partition coefficient (Wildman–Crippen LogP) is 4.67. The van der Waals surface area contributed by atoms with Gasteiger partial charge in [-0.3, -0.25) is 0 Å². The zero-order chi connectivity index (χ0) is 15.6. The maximum Gasteiger partial charge on any atom is 0.115 e. The highest BCUT2D eigenvalue weighted by molar-refractivity contribution is 5.86. The van der Waals surface area contributed by atoms with Crippen LogP contribution in [0, 0.1) is 0 Å². The van der Waals surface area contributed by atoms with Crippen molar-refractivity contribution >= 4 is 11.0 Å². The number of nitrogens with zero attached hydrogens (tertiary/aromatic N) is 2. The lowest BCUT2D eigenvalue weighted by Gasteiger charge is -2.10. The van der Waals surface area contributed by atoms with Crippen molar-refractivity contribution in [1.82, 2.24) is 9.97 Å². The topological polar surface area (TPSA) is 46.0 Å². The van der Waals surface area contributed by atoms with Gasteiger partial charge in [0.25, 0.3) is 0 Å². The van der Waals surface area contributed by atoms with Crippen LogP contribution in [-0.2, 0) is 0 Å². The number of phenolic OH excluding ortho intramolecular Hbond substituents is 1. The van der Waals surface area contributed by atoms with E-state index in [1.54, 1.807) is 12.1 Å². The smallest absolute Gasteiger partial charge is 0.115 e. The van der Waals surface area contributed by atoms with Gasteiger partial charge in [0.15, 0.2) is 0 Å². The quantitative estimate of drug-likeness (QED) is 0.585. The summed E-state index contributed by atoms with van der Waals surface area (Å²) >= 11 is 0. The van der Waals surface area contributed by atoms with E-state index in [1.165, 1.54) is 0 Å². The first-order chi connectivity index (χ1) is 11.3. The summed E-state index contributed by atoms with van der Waals surface area (Å²) in [5, 5.41) is 9.53. The predicted molar refractivity (Wildman–Crippen MR) is 92.1 cm³/mol. The van der Waals surface area contributed by atoms with Crippen LogP contribution in [0.4, 0.5) is 0 Å². The fraction of sp³-hybridized carbons (Fsp3) is 0. The molecule has 4 rings (SSSR count). The van der Waals surface area contributed by atoms with E-state index in [-0.39, 0.29) is 5.75 Å². The molecule has 110 valence electrons. The molecule has 0 spiro atoms. The van der Waals surface area contributed by atoms with Crippen LogP contribution in [0.5, 0.6) is 5.75 Å². The molecule has 0 amide bonds. The van der Waals surface area contributed by atoms with Crippen LogP contribution < -0.4 is 0 Å². The van der Waals surface area contributed by atoms with Crippen LogP contribution in [-0.4, -0.2) is 15.1 Å². The first kappa shape index (κ1) is 13.5. The van der Waals surface area contributed by atoms with Crippen LogP contribution in [0.25, 0.3) is 33.5 Å². The number of aromatic hydroxyl groups is 1. The minimum Gasteiger partial charge on any atom is -0.508 e. The summed E-state index contributed by atoms with van der Waals surface area (Å²) in [4.78, 5) is 9.63. The number of para-hydroxylation sites is 2. The SMILES string of the molecule is Oc1ccc(-c2nc3ccccc3nc2-c2ccccc2)cc1. The van der Waals surface area contributed by atoms with Crippen molar-refractivity contribution in [3.63, 3.8) is 0 Å². The molecule has 3 nitrogen and oxygen atoms in total. The largest absolute Gasteiger partial charge is 0.508 e. The number of fused-ring (bicyclic) bond motifs is 1. The van der Waals surface area contributed by atoms with Gasteiger partial charge in [-0.2, -0.15) is 0 Å². The molecular weight excluding hydrogens is 284 g/mol. The van der Waals surface area contributed by atoms with Gasteiger partial charge < -0.3 is 5.11 Å². The van der Waals surface area contributed by atoms with E-state index < -0.39 is 0 Å². The number of benzene rings is 3. The van der Waals surface area contributed by atoms with Crippen LogP contribution in [0.2, 0.25) is 0 Å². The molecular formula is C20H14N2O. The Labute approximate surface area is 133 Å². The number of hydrogen-bond donors (Lipinski definition) is 1. The minimum atomic E-state index is 0.240. The average Bonchev–Trinajstić information content (AvgIpc) is 2.62. The Morgan fingerprint density at radius 3 is 1.57 bits per heavy atom. The average molecular weight is 298 g/mol. The third kappa shape index (κ3) is 2.53. The zero-order valence-electron chi connectivity index (χ0n) is 12.3. The number of rotatable bonds is 2. The molecule has 4 aromatic rings. The monoisotopic (exact) mass is 298 g/mol. The molecule has 0 aliphatic rings. The fourth-order valence-electron chi connectivity index (χ4n) is 2.62. The highest BCUT2D eigenvalue weighted by Crippen LogP contribution is 2.31. The van der Waals surface area contributed by atoms with Crippen molar-refractivity contribution in [3.8, 4) is 28.3 Å². The summed E-state index contributed by atoms with van der Waals surface area (Å²) in [5.74, 6) is 0.240. The van der Waals surface area contributed by atoms with E-state index in [4.69, 9.17) is 9.97 Å². The summed E-state index contributed by atoms with van der Waals surface area (Å²) in [6, 6.07) is 24.9. The highest BCUT2D eigenvalue weighted by atomic mass is 16.3. The Balaban J connectivity index is 2.02. The fourth-order valence-corrected chi connectivity index (χ4v) is 2.62.